The van der Waals surface area contributed by atoms with Gasteiger partial charge >= 0.3 is 0 Å². The predicted molar refractivity (Wildman–Crippen MR) is 86.7 cm³/mol. The van der Waals surface area contributed by atoms with Gasteiger partial charge in [0.25, 0.3) is 5.91 Å². The lowest BCUT2D eigenvalue weighted by molar-refractivity contribution is 0.0932. The zero-order valence-corrected chi connectivity index (χ0v) is 13.7. The molecular weight excluding hydrogens is 330 g/mol. The van der Waals surface area contributed by atoms with E-state index in [4.69, 9.17) is 10.5 Å². The summed E-state index contributed by atoms with van der Waals surface area (Å²) in [7, 11) is 1.50. The lowest BCUT2D eigenvalue weighted by Gasteiger charge is -2.27. The quantitative estimate of drug-likeness (QED) is 0.885. The van der Waals surface area contributed by atoms with Crippen LogP contribution in [-0.4, -0.2) is 23.0 Å². The van der Waals surface area contributed by atoms with Gasteiger partial charge in [0, 0.05) is 19.4 Å². The second-order valence-corrected chi connectivity index (χ2v) is 5.89. The first-order valence-corrected chi connectivity index (χ1v) is 7.88. The number of rotatable bonds is 4. The van der Waals surface area contributed by atoms with Crippen molar-refractivity contribution in [2.45, 2.75) is 31.9 Å². The molecule has 1 heterocycles. The molecule has 3 rings (SSSR count). The zero-order valence-electron chi connectivity index (χ0n) is 13.7. The molecule has 6 nitrogen and oxygen atoms in total. The third-order valence-corrected chi connectivity index (χ3v) is 4.18. The summed E-state index contributed by atoms with van der Waals surface area (Å²) in [6, 6.07) is 1.65. The Morgan fingerprint density at radius 2 is 2.24 bits per heavy atom. The summed E-state index contributed by atoms with van der Waals surface area (Å²) < 4.78 is 32.4. The van der Waals surface area contributed by atoms with Crippen LogP contribution in [0.5, 0.6) is 0 Å². The Balaban J connectivity index is 1.83. The number of ether oxygens (including phenoxy) is 1. The van der Waals surface area contributed by atoms with Gasteiger partial charge in [0.1, 0.15) is 24.1 Å². The minimum absolute atomic E-state index is 0.0287. The highest BCUT2D eigenvalue weighted by Gasteiger charge is 2.26. The van der Waals surface area contributed by atoms with Gasteiger partial charge < -0.3 is 15.8 Å². The van der Waals surface area contributed by atoms with Crippen molar-refractivity contribution in [3.8, 4) is 0 Å². The molecule has 1 aromatic carbocycles. The minimum atomic E-state index is -0.663. The van der Waals surface area contributed by atoms with Gasteiger partial charge in [-0.1, -0.05) is 0 Å². The largest absolute Gasteiger partial charge is 0.383 e. The van der Waals surface area contributed by atoms with Gasteiger partial charge in [-0.2, -0.15) is 0 Å². The molecule has 0 fully saturated rings. The van der Waals surface area contributed by atoms with Crippen LogP contribution in [0.1, 0.15) is 46.2 Å². The Bertz CT molecular complexity index is 813. The molecule has 8 heteroatoms. The summed E-state index contributed by atoms with van der Waals surface area (Å²) in [4.78, 5) is 20.5. The van der Waals surface area contributed by atoms with Crippen LogP contribution in [-0.2, 0) is 17.8 Å². The van der Waals surface area contributed by atoms with Gasteiger partial charge in [-0.05, 0) is 36.5 Å². The number of nitrogens with one attached hydrogen (secondary N) is 1. The van der Waals surface area contributed by atoms with E-state index in [9.17, 15) is 13.6 Å². The molecule has 0 bridgehead atoms. The summed E-state index contributed by atoms with van der Waals surface area (Å²) in [5, 5.41) is 2.77. The highest BCUT2D eigenvalue weighted by Crippen LogP contribution is 2.32. The SMILES string of the molecule is COCc1ncc(C(=O)N[C@H]2CCCc3c(F)cc(F)cc32)c(N)n1. The Morgan fingerprint density at radius 1 is 1.44 bits per heavy atom. The molecule has 132 valence electrons. The van der Waals surface area contributed by atoms with Crippen LogP contribution in [0.3, 0.4) is 0 Å². The molecule has 0 spiro atoms. The molecule has 3 N–H and O–H groups in total. The fourth-order valence-electron chi connectivity index (χ4n) is 3.03. The van der Waals surface area contributed by atoms with Crippen molar-refractivity contribution in [2.75, 3.05) is 12.8 Å². The Morgan fingerprint density at radius 3 is 2.96 bits per heavy atom. The van der Waals surface area contributed by atoms with Crippen molar-refractivity contribution in [2.24, 2.45) is 0 Å². The molecule has 1 aliphatic rings. The predicted octanol–water partition coefficient (Wildman–Crippen LogP) is 2.29. The highest BCUT2D eigenvalue weighted by atomic mass is 19.1. The number of halogens is 2. The highest BCUT2D eigenvalue weighted by molar-refractivity contribution is 5.98. The second-order valence-electron chi connectivity index (χ2n) is 5.89. The van der Waals surface area contributed by atoms with Crippen LogP contribution in [0.4, 0.5) is 14.6 Å². The van der Waals surface area contributed by atoms with Gasteiger partial charge in [-0.25, -0.2) is 18.7 Å². The number of amides is 1. The van der Waals surface area contributed by atoms with E-state index in [1.165, 1.54) is 19.4 Å². The number of hydrogen-bond donors (Lipinski definition) is 2. The number of benzene rings is 1. The van der Waals surface area contributed by atoms with E-state index < -0.39 is 23.6 Å². The molecule has 1 atom stereocenters. The molecule has 0 unspecified atom stereocenters. The van der Waals surface area contributed by atoms with E-state index in [2.05, 4.69) is 15.3 Å². The topological polar surface area (TPSA) is 90.1 Å². The summed E-state index contributed by atoms with van der Waals surface area (Å²) >= 11 is 0. The number of nitrogens with zero attached hydrogens (tertiary/aromatic N) is 2. The monoisotopic (exact) mass is 348 g/mol. The van der Waals surface area contributed by atoms with Crippen LogP contribution in [0, 0.1) is 11.6 Å². The third kappa shape index (κ3) is 3.58. The molecule has 0 saturated heterocycles. The number of carbonyl (C=O) groups excluding carboxylic acids is 1. The van der Waals surface area contributed by atoms with Crippen molar-refractivity contribution in [1.29, 1.82) is 0 Å². The first-order valence-electron chi connectivity index (χ1n) is 7.88. The number of carbonyl (C=O) groups is 1. The molecular formula is C17H18F2N4O2. The van der Waals surface area contributed by atoms with E-state index >= 15 is 0 Å². The lowest BCUT2D eigenvalue weighted by Crippen LogP contribution is -2.32. The fraction of sp³-hybridized carbons (Fsp3) is 0.353. The van der Waals surface area contributed by atoms with Gasteiger partial charge in [-0.3, -0.25) is 4.79 Å². The van der Waals surface area contributed by atoms with Gasteiger partial charge in [-0.15, -0.1) is 0 Å². The lowest BCUT2D eigenvalue weighted by atomic mass is 9.87. The Kier molecular flexibility index (Phi) is 4.89. The van der Waals surface area contributed by atoms with E-state index in [1.807, 2.05) is 0 Å². The zero-order chi connectivity index (χ0) is 18.0. The van der Waals surface area contributed by atoms with Crippen molar-refractivity contribution in [3.05, 3.63) is 52.5 Å². The Hall–Kier alpha value is -2.61. The number of fused-ring (bicyclic) bond motifs is 1. The van der Waals surface area contributed by atoms with Crippen LogP contribution in [0.15, 0.2) is 18.3 Å². The average molecular weight is 348 g/mol. The number of methoxy groups -OCH3 is 1. The molecule has 2 aromatic rings. The maximum atomic E-state index is 13.9. The Labute approximate surface area is 143 Å². The molecule has 0 aliphatic heterocycles. The van der Waals surface area contributed by atoms with E-state index in [-0.39, 0.29) is 18.0 Å². The fourth-order valence-corrected chi connectivity index (χ4v) is 3.03. The van der Waals surface area contributed by atoms with Crippen molar-refractivity contribution < 1.29 is 18.3 Å². The molecule has 25 heavy (non-hydrogen) atoms. The average Bonchev–Trinajstić information content (AvgIpc) is 2.56. The van der Waals surface area contributed by atoms with Gasteiger partial charge in [0.05, 0.1) is 11.6 Å². The molecule has 0 saturated carbocycles. The second kappa shape index (κ2) is 7.10. The van der Waals surface area contributed by atoms with E-state index in [1.54, 1.807) is 0 Å². The first-order chi connectivity index (χ1) is 12.0. The summed E-state index contributed by atoms with van der Waals surface area (Å²) in [5.41, 5.74) is 6.84. The summed E-state index contributed by atoms with van der Waals surface area (Å²) in [5.74, 6) is -1.33. The first kappa shape index (κ1) is 17.2. The normalized spacial score (nSPS) is 16.4. The maximum absolute atomic E-state index is 13.9. The van der Waals surface area contributed by atoms with Crippen LogP contribution >= 0.6 is 0 Å². The van der Waals surface area contributed by atoms with Crippen LogP contribution in [0.2, 0.25) is 0 Å². The maximum Gasteiger partial charge on any atom is 0.257 e. The number of hydrogen-bond acceptors (Lipinski definition) is 5. The molecule has 1 aliphatic carbocycles. The molecule has 0 radical (unpaired) electrons. The van der Waals surface area contributed by atoms with Crippen LogP contribution in [0.25, 0.3) is 0 Å². The van der Waals surface area contributed by atoms with Gasteiger partial charge in [0.2, 0.25) is 0 Å². The minimum Gasteiger partial charge on any atom is -0.383 e. The smallest absolute Gasteiger partial charge is 0.257 e. The van der Waals surface area contributed by atoms with Crippen molar-refractivity contribution in [3.63, 3.8) is 0 Å². The number of anilines is 1. The van der Waals surface area contributed by atoms with Crippen molar-refractivity contribution in [1.82, 2.24) is 15.3 Å². The third-order valence-electron chi connectivity index (χ3n) is 4.18. The van der Waals surface area contributed by atoms with Crippen molar-refractivity contribution >= 4 is 11.7 Å². The summed E-state index contributed by atoms with van der Waals surface area (Å²) in [6.45, 7) is 0.181. The van der Waals surface area contributed by atoms with E-state index in [0.717, 1.165) is 6.07 Å². The van der Waals surface area contributed by atoms with E-state index in [0.29, 0.717) is 36.2 Å². The molecule has 1 amide bonds. The van der Waals surface area contributed by atoms with Crippen LogP contribution < -0.4 is 11.1 Å². The van der Waals surface area contributed by atoms with Gasteiger partial charge in [0.15, 0.2) is 5.82 Å². The number of nitrogen functional groups attached to an aromatic ring is 1. The standard InChI is InChI=1S/C17H18F2N4O2/c1-25-8-15-21-7-12(16(20)23-15)17(24)22-14-4-2-3-10-11(14)5-9(18)6-13(10)19/h5-7,14H,2-4,8H2,1H3,(H,22,24)(H2,20,21,23)/t14-/m0/s1. The summed E-state index contributed by atoms with van der Waals surface area (Å²) in [6.07, 6.45) is 3.12. The number of nitrogens with two attached hydrogens (primary N) is 1. The molecule has 1 aromatic heterocycles. The number of aromatic nitrogens is 2.